The summed E-state index contributed by atoms with van der Waals surface area (Å²) in [6.45, 7) is 3.25. The molecule has 2 unspecified atom stereocenters. The van der Waals surface area contributed by atoms with Crippen LogP contribution in [-0.4, -0.2) is 34.9 Å². The van der Waals surface area contributed by atoms with Crippen LogP contribution in [0.2, 0.25) is 0 Å². The van der Waals surface area contributed by atoms with Gasteiger partial charge >= 0.3 is 0 Å². The van der Waals surface area contributed by atoms with Crippen LogP contribution in [0, 0.1) is 17.8 Å². The molecule has 2 atom stereocenters. The maximum atomic E-state index is 12.7. The molecule has 6 heteroatoms. The molecule has 0 aromatic carbocycles. The molecule has 1 aromatic rings. The lowest BCUT2D eigenvalue weighted by atomic mass is 9.65. The number of anilines is 1. The molecule has 3 N–H and O–H groups in total. The molecule has 25 heavy (non-hydrogen) atoms. The van der Waals surface area contributed by atoms with Crippen molar-refractivity contribution in [3.63, 3.8) is 0 Å². The Labute approximate surface area is 154 Å². The number of nitrogens with two attached hydrogens (primary N) is 1. The van der Waals surface area contributed by atoms with Crippen molar-refractivity contribution < 1.29 is 4.79 Å². The summed E-state index contributed by atoms with van der Waals surface area (Å²) < 4.78 is 0. The van der Waals surface area contributed by atoms with Crippen molar-refractivity contribution >= 4 is 22.4 Å². The third kappa shape index (κ3) is 4.07. The zero-order valence-corrected chi connectivity index (χ0v) is 15.8. The van der Waals surface area contributed by atoms with E-state index in [2.05, 4.69) is 20.6 Å². The lowest BCUT2D eigenvalue weighted by molar-refractivity contribution is -0.122. The van der Waals surface area contributed by atoms with Gasteiger partial charge in [0, 0.05) is 23.9 Å². The van der Waals surface area contributed by atoms with Gasteiger partial charge in [-0.05, 0) is 63.5 Å². The van der Waals surface area contributed by atoms with E-state index in [-0.39, 0.29) is 11.8 Å². The molecule has 138 valence electrons. The molecule has 2 saturated carbocycles. The fourth-order valence-electron chi connectivity index (χ4n) is 4.99. The third-order valence-electron chi connectivity index (χ3n) is 6.40. The molecule has 1 amide bonds. The summed E-state index contributed by atoms with van der Waals surface area (Å²) >= 11 is 1.56. The molecule has 0 radical (unpaired) electrons. The highest BCUT2D eigenvalue weighted by Crippen LogP contribution is 2.42. The number of aromatic nitrogens is 1. The molecule has 5 nitrogen and oxygen atoms in total. The number of carbonyl (C=O) groups excluding carboxylic acids is 1. The Hall–Kier alpha value is -0.980. The van der Waals surface area contributed by atoms with Crippen LogP contribution in [0.3, 0.4) is 0 Å². The molecule has 2 bridgehead atoms. The topological polar surface area (TPSA) is 71.2 Å². The molecule has 0 spiro atoms. The van der Waals surface area contributed by atoms with E-state index in [1.54, 1.807) is 11.3 Å². The molecule has 1 saturated heterocycles. The van der Waals surface area contributed by atoms with E-state index in [0.29, 0.717) is 17.9 Å². The van der Waals surface area contributed by atoms with Crippen LogP contribution in [0.4, 0.5) is 5.13 Å². The van der Waals surface area contributed by atoms with E-state index < -0.39 is 0 Å². The van der Waals surface area contributed by atoms with Crippen molar-refractivity contribution in [2.45, 2.75) is 64.0 Å². The van der Waals surface area contributed by atoms with Gasteiger partial charge < -0.3 is 11.1 Å². The molecule has 2 aliphatic carbocycles. The second kappa shape index (κ2) is 7.72. The van der Waals surface area contributed by atoms with E-state index >= 15 is 0 Å². The number of likely N-dealkylation sites (tertiary alicyclic amines) is 1. The fraction of sp³-hybridized carbons (Fsp3) is 0.789. The number of nitrogens with zero attached hydrogens (tertiary/aromatic N) is 2. The van der Waals surface area contributed by atoms with Crippen LogP contribution in [0.15, 0.2) is 5.38 Å². The van der Waals surface area contributed by atoms with E-state index in [4.69, 9.17) is 5.73 Å². The van der Waals surface area contributed by atoms with Crippen molar-refractivity contribution in [1.82, 2.24) is 9.88 Å². The Bertz CT molecular complexity index is 584. The average Bonchev–Trinajstić information content (AvgIpc) is 3.02. The number of nitrogens with one attached hydrogen (secondary N) is 1. The first-order chi connectivity index (χ1) is 12.2. The second-order valence-corrected chi connectivity index (χ2v) is 9.02. The monoisotopic (exact) mass is 362 g/mol. The van der Waals surface area contributed by atoms with Gasteiger partial charge in [-0.3, -0.25) is 9.69 Å². The molecule has 3 fully saturated rings. The summed E-state index contributed by atoms with van der Waals surface area (Å²) in [6, 6.07) is 0.314. The first kappa shape index (κ1) is 17.4. The summed E-state index contributed by atoms with van der Waals surface area (Å²) in [6.07, 6.45) is 9.51. The quantitative estimate of drug-likeness (QED) is 0.863. The zero-order chi connectivity index (χ0) is 17.2. The van der Waals surface area contributed by atoms with Gasteiger partial charge in [-0.2, -0.15) is 0 Å². The Kier molecular flexibility index (Phi) is 5.39. The van der Waals surface area contributed by atoms with Crippen LogP contribution in [0.5, 0.6) is 0 Å². The normalized spacial score (nSPS) is 33.2. The highest BCUT2D eigenvalue weighted by molar-refractivity contribution is 7.13. The standard InChI is InChI=1S/C19H30N4OS/c20-17-13-5-4-6-14(17)10-15(9-13)18(24)22-19-21-16(12-25-19)11-23-7-2-1-3-8-23/h12-15,17H,1-11,20H2,(H,21,22,24). The Morgan fingerprint density at radius 2 is 1.92 bits per heavy atom. The van der Waals surface area contributed by atoms with Crippen molar-refractivity contribution in [2.24, 2.45) is 23.5 Å². The predicted octanol–water partition coefficient (Wildman–Crippen LogP) is 3.22. The van der Waals surface area contributed by atoms with Gasteiger partial charge in [-0.25, -0.2) is 4.98 Å². The highest BCUT2D eigenvalue weighted by atomic mass is 32.1. The van der Waals surface area contributed by atoms with Crippen LogP contribution in [0.1, 0.15) is 57.1 Å². The van der Waals surface area contributed by atoms with Gasteiger partial charge in [0.15, 0.2) is 5.13 Å². The van der Waals surface area contributed by atoms with Gasteiger partial charge in [-0.1, -0.05) is 12.8 Å². The number of hydrogen-bond acceptors (Lipinski definition) is 5. The van der Waals surface area contributed by atoms with E-state index in [1.165, 1.54) is 51.6 Å². The SMILES string of the molecule is NC1C2CCCC1CC(C(=O)Nc1nc(CN3CCCCC3)cs1)C2. The van der Waals surface area contributed by atoms with Crippen LogP contribution < -0.4 is 11.1 Å². The lowest BCUT2D eigenvalue weighted by Gasteiger charge is -2.43. The molecular formula is C19H30N4OS. The minimum atomic E-state index is 0.115. The Morgan fingerprint density at radius 3 is 2.64 bits per heavy atom. The number of thiazole rings is 1. The van der Waals surface area contributed by atoms with Crippen molar-refractivity contribution in [1.29, 1.82) is 0 Å². The Morgan fingerprint density at radius 1 is 1.20 bits per heavy atom. The van der Waals surface area contributed by atoms with Crippen molar-refractivity contribution in [3.8, 4) is 0 Å². The molecular weight excluding hydrogens is 332 g/mol. The van der Waals surface area contributed by atoms with Crippen molar-refractivity contribution in [3.05, 3.63) is 11.1 Å². The van der Waals surface area contributed by atoms with Gasteiger partial charge in [0.2, 0.25) is 5.91 Å². The number of piperidine rings is 1. The number of hydrogen-bond donors (Lipinski definition) is 2. The highest BCUT2D eigenvalue weighted by Gasteiger charge is 2.40. The first-order valence-electron chi connectivity index (χ1n) is 9.92. The summed E-state index contributed by atoms with van der Waals surface area (Å²) in [4.78, 5) is 19.8. The predicted molar refractivity (Wildman–Crippen MR) is 101 cm³/mol. The zero-order valence-electron chi connectivity index (χ0n) is 15.0. The minimum Gasteiger partial charge on any atom is -0.327 e. The van der Waals surface area contributed by atoms with Crippen LogP contribution >= 0.6 is 11.3 Å². The third-order valence-corrected chi connectivity index (χ3v) is 7.21. The molecule has 3 aliphatic rings. The van der Waals surface area contributed by atoms with Crippen LogP contribution in [-0.2, 0) is 11.3 Å². The average molecular weight is 363 g/mol. The summed E-state index contributed by atoms with van der Waals surface area (Å²) in [5.41, 5.74) is 7.43. The van der Waals surface area contributed by atoms with Crippen molar-refractivity contribution in [2.75, 3.05) is 18.4 Å². The van der Waals surface area contributed by atoms with E-state index in [0.717, 1.165) is 30.2 Å². The summed E-state index contributed by atoms with van der Waals surface area (Å²) in [7, 11) is 0. The van der Waals surface area contributed by atoms with Gasteiger partial charge in [0.25, 0.3) is 0 Å². The first-order valence-corrected chi connectivity index (χ1v) is 10.8. The van der Waals surface area contributed by atoms with Crippen LogP contribution in [0.25, 0.3) is 0 Å². The molecule has 2 heterocycles. The molecule has 4 rings (SSSR count). The number of amides is 1. The maximum Gasteiger partial charge on any atom is 0.229 e. The fourth-order valence-corrected chi connectivity index (χ4v) is 5.70. The maximum absolute atomic E-state index is 12.7. The molecule has 1 aliphatic heterocycles. The lowest BCUT2D eigenvalue weighted by Crippen LogP contribution is -2.48. The number of carbonyl (C=O) groups is 1. The number of rotatable bonds is 4. The minimum absolute atomic E-state index is 0.115. The van der Waals surface area contributed by atoms with E-state index in [9.17, 15) is 4.79 Å². The van der Waals surface area contributed by atoms with E-state index in [1.807, 2.05) is 0 Å². The smallest absolute Gasteiger partial charge is 0.229 e. The second-order valence-electron chi connectivity index (χ2n) is 8.17. The Balaban J connectivity index is 1.32. The van der Waals surface area contributed by atoms with Gasteiger partial charge in [-0.15, -0.1) is 11.3 Å². The summed E-state index contributed by atoms with van der Waals surface area (Å²) in [5, 5.41) is 5.94. The van der Waals surface area contributed by atoms with Gasteiger partial charge in [0.05, 0.1) is 5.69 Å². The molecule has 1 aromatic heterocycles. The summed E-state index contributed by atoms with van der Waals surface area (Å²) in [5.74, 6) is 1.34. The number of fused-ring (bicyclic) bond motifs is 2. The van der Waals surface area contributed by atoms with Gasteiger partial charge in [0.1, 0.15) is 0 Å². The largest absolute Gasteiger partial charge is 0.327 e.